The highest BCUT2D eigenvalue weighted by Crippen LogP contribution is 2.09. The lowest BCUT2D eigenvalue weighted by Crippen LogP contribution is -2.39. The second-order valence-electron chi connectivity index (χ2n) is 3.88. The highest BCUT2D eigenvalue weighted by atomic mass is 16.5. The number of carbonyl (C=O) groups is 1. The Hall–Kier alpha value is -1.39. The van der Waals surface area contributed by atoms with Crippen molar-refractivity contribution in [3.05, 3.63) is 35.9 Å². The number of aliphatic hydroxyl groups excluding tert-OH is 1. The van der Waals surface area contributed by atoms with E-state index in [4.69, 9.17) is 4.74 Å². The number of esters is 1. The molecule has 1 heterocycles. The van der Waals surface area contributed by atoms with Crippen LogP contribution in [0.1, 0.15) is 12.0 Å². The van der Waals surface area contributed by atoms with Crippen LogP contribution >= 0.6 is 0 Å². The third kappa shape index (κ3) is 2.59. The lowest BCUT2D eigenvalue weighted by Gasteiger charge is -2.13. The molecule has 2 N–H and O–H groups in total. The molecule has 4 nitrogen and oxygen atoms in total. The summed E-state index contributed by atoms with van der Waals surface area (Å²) in [5.41, 5.74) is 0.948. The molecule has 1 fully saturated rings. The van der Waals surface area contributed by atoms with E-state index in [9.17, 15) is 9.90 Å². The van der Waals surface area contributed by atoms with Gasteiger partial charge in [-0.3, -0.25) is 4.79 Å². The van der Waals surface area contributed by atoms with E-state index < -0.39 is 12.1 Å². The van der Waals surface area contributed by atoms with Gasteiger partial charge in [0, 0.05) is 0 Å². The zero-order valence-electron chi connectivity index (χ0n) is 8.93. The first kappa shape index (κ1) is 11.1. The SMILES string of the molecule is O=C(OCc1ccccc1)[C@H]1NCCC1O. The van der Waals surface area contributed by atoms with Gasteiger partial charge in [0.05, 0.1) is 6.10 Å². The Morgan fingerprint density at radius 3 is 2.81 bits per heavy atom. The third-order valence-electron chi connectivity index (χ3n) is 2.67. The van der Waals surface area contributed by atoms with Gasteiger partial charge < -0.3 is 15.2 Å². The van der Waals surface area contributed by atoms with E-state index in [-0.39, 0.29) is 12.6 Å². The van der Waals surface area contributed by atoms with Crippen LogP contribution in [0, 0.1) is 0 Å². The van der Waals surface area contributed by atoms with Crippen molar-refractivity contribution in [1.29, 1.82) is 0 Å². The van der Waals surface area contributed by atoms with Crippen LogP contribution in [0.5, 0.6) is 0 Å². The molecule has 86 valence electrons. The Morgan fingerprint density at radius 2 is 2.19 bits per heavy atom. The van der Waals surface area contributed by atoms with Crippen LogP contribution < -0.4 is 5.32 Å². The van der Waals surface area contributed by atoms with Crippen LogP contribution in [0.3, 0.4) is 0 Å². The minimum Gasteiger partial charge on any atom is -0.460 e. The van der Waals surface area contributed by atoms with Crippen molar-refractivity contribution < 1.29 is 14.6 Å². The maximum Gasteiger partial charge on any atom is 0.326 e. The Labute approximate surface area is 94.2 Å². The average Bonchev–Trinajstić information content (AvgIpc) is 2.74. The number of hydrogen-bond donors (Lipinski definition) is 2. The first-order valence-electron chi connectivity index (χ1n) is 5.39. The van der Waals surface area contributed by atoms with Crippen molar-refractivity contribution in [3.63, 3.8) is 0 Å². The van der Waals surface area contributed by atoms with Crippen LogP contribution in [0.4, 0.5) is 0 Å². The molecule has 0 amide bonds. The summed E-state index contributed by atoms with van der Waals surface area (Å²) in [6.07, 6.45) is -0.0197. The summed E-state index contributed by atoms with van der Waals surface area (Å²) in [5, 5.41) is 12.4. The lowest BCUT2D eigenvalue weighted by atomic mass is 10.2. The molecule has 2 rings (SSSR count). The van der Waals surface area contributed by atoms with Crippen molar-refractivity contribution >= 4 is 5.97 Å². The first-order valence-corrected chi connectivity index (χ1v) is 5.39. The van der Waals surface area contributed by atoms with Crippen LogP contribution in [-0.2, 0) is 16.1 Å². The van der Waals surface area contributed by atoms with Gasteiger partial charge in [0.2, 0.25) is 0 Å². The summed E-state index contributed by atoms with van der Waals surface area (Å²) < 4.78 is 5.12. The molecule has 0 aliphatic carbocycles. The van der Waals surface area contributed by atoms with Crippen molar-refractivity contribution in [2.45, 2.75) is 25.2 Å². The second kappa shape index (κ2) is 5.09. The second-order valence-corrected chi connectivity index (χ2v) is 3.88. The zero-order chi connectivity index (χ0) is 11.4. The number of benzene rings is 1. The van der Waals surface area contributed by atoms with Crippen LogP contribution in [-0.4, -0.2) is 29.8 Å². The van der Waals surface area contributed by atoms with E-state index in [1.54, 1.807) is 0 Å². The number of ether oxygens (including phenoxy) is 1. The molecule has 1 unspecified atom stereocenters. The minimum atomic E-state index is -0.622. The lowest BCUT2D eigenvalue weighted by molar-refractivity contribution is -0.149. The number of rotatable bonds is 3. The molecule has 0 spiro atoms. The quantitative estimate of drug-likeness (QED) is 0.728. The van der Waals surface area contributed by atoms with E-state index in [0.717, 1.165) is 5.56 Å². The minimum absolute atomic E-state index is 0.255. The van der Waals surface area contributed by atoms with Gasteiger partial charge in [-0.15, -0.1) is 0 Å². The summed E-state index contributed by atoms with van der Waals surface area (Å²) in [6, 6.07) is 8.92. The van der Waals surface area contributed by atoms with Gasteiger partial charge in [-0.2, -0.15) is 0 Å². The molecule has 0 aromatic heterocycles. The predicted molar refractivity (Wildman–Crippen MR) is 58.7 cm³/mol. The van der Waals surface area contributed by atoms with Gasteiger partial charge >= 0.3 is 5.97 Å². The fourth-order valence-electron chi connectivity index (χ4n) is 1.75. The monoisotopic (exact) mass is 221 g/mol. The molecular weight excluding hydrogens is 206 g/mol. The molecule has 1 saturated heterocycles. The summed E-state index contributed by atoms with van der Waals surface area (Å²) in [5.74, 6) is -0.381. The van der Waals surface area contributed by atoms with Gasteiger partial charge in [0.1, 0.15) is 12.6 Å². The Kier molecular flexibility index (Phi) is 3.54. The standard InChI is InChI=1S/C12H15NO3/c14-10-6-7-13-11(10)12(15)16-8-9-4-2-1-3-5-9/h1-5,10-11,13-14H,6-8H2/t10?,11-/m0/s1. The van der Waals surface area contributed by atoms with E-state index >= 15 is 0 Å². The molecule has 16 heavy (non-hydrogen) atoms. The molecule has 2 atom stereocenters. The van der Waals surface area contributed by atoms with Gasteiger partial charge in [0.25, 0.3) is 0 Å². The fraction of sp³-hybridized carbons (Fsp3) is 0.417. The maximum atomic E-state index is 11.6. The smallest absolute Gasteiger partial charge is 0.326 e. The molecule has 1 aromatic rings. The molecule has 0 radical (unpaired) electrons. The average molecular weight is 221 g/mol. The van der Waals surface area contributed by atoms with E-state index in [1.165, 1.54) is 0 Å². The van der Waals surface area contributed by atoms with Crippen molar-refractivity contribution in [2.24, 2.45) is 0 Å². The van der Waals surface area contributed by atoms with Crippen LogP contribution in [0.15, 0.2) is 30.3 Å². The van der Waals surface area contributed by atoms with E-state index in [0.29, 0.717) is 13.0 Å². The first-order chi connectivity index (χ1) is 7.77. The largest absolute Gasteiger partial charge is 0.460 e. The Balaban J connectivity index is 1.84. The molecule has 1 aliphatic rings. The summed E-state index contributed by atoms with van der Waals surface area (Å²) >= 11 is 0. The van der Waals surface area contributed by atoms with Gasteiger partial charge in [0.15, 0.2) is 0 Å². The predicted octanol–water partition coefficient (Wildman–Crippen LogP) is 0.453. The topological polar surface area (TPSA) is 58.6 Å². The number of aliphatic hydroxyl groups is 1. The molecule has 0 saturated carbocycles. The molecule has 4 heteroatoms. The van der Waals surface area contributed by atoms with Gasteiger partial charge in [-0.05, 0) is 18.5 Å². The fourth-order valence-corrected chi connectivity index (χ4v) is 1.75. The highest BCUT2D eigenvalue weighted by Gasteiger charge is 2.32. The van der Waals surface area contributed by atoms with Crippen LogP contribution in [0.2, 0.25) is 0 Å². The summed E-state index contributed by atoms with van der Waals surface area (Å²) in [6.45, 7) is 0.914. The zero-order valence-corrected chi connectivity index (χ0v) is 8.93. The van der Waals surface area contributed by atoms with Crippen LogP contribution in [0.25, 0.3) is 0 Å². The molecule has 1 aliphatic heterocycles. The molecule has 0 bridgehead atoms. The summed E-state index contributed by atoms with van der Waals surface area (Å²) in [7, 11) is 0. The van der Waals surface area contributed by atoms with E-state index in [1.807, 2.05) is 30.3 Å². The third-order valence-corrected chi connectivity index (χ3v) is 2.67. The normalized spacial score (nSPS) is 24.3. The van der Waals surface area contributed by atoms with Gasteiger partial charge in [-0.25, -0.2) is 0 Å². The van der Waals surface area contributed by atoms with E-state index in [2.05, 4.69) is 5.32 Å². The Morgan fingerprint density at radius 1 is 1.44 bits per heavy atom. The molecular formula is C12H15NO3. The highest BCUT2D eigenvalue weighted by molar-refractivity contribution is 5.77. The van der Waals surface area contributed by atoms with Crippen molar-refractivity contribution in [3.8, 4) is 0 Å². The number of carbonyl (C=O) groups excluding carboxylic acids is 1. The number of hydrogen-bond acceptors (Lipinski definition) is 4. The molecule has 1 aromatic carbocycles. The van der Waals surface area contributed by atoms with Crippen molar-refractivity contribution in [2.75, 3.05) is 6.54 Å². The summed E-state index contributed by atoms with van der Waals surface area (Å²) in [4.78, 5) is 11.6. The van der Waals surface area contributed by atoms with Gasteiger partial charge in [-0.1, -0.05) is 30.3 Å². The number of nitrogens with one attached hydrogen (secondary N) is 1. The maximum absolute atomic E-state index is 11.6. The van der Waals surface area contributed by atoms with Crippen molar-refractivity contribution in [1.82, 2.24) is 5.32 Å². The Bertz CT molecular complexity index is 353.